The summed E-state index contributed by atoms with van der Waals surface area (Å²) in [5, 5.41) is 0. The molecule has 1 atom stereocenters. The molecule has 0 aliphatic rings. The molecule has 0 saturated heterocycles. The van der Waals surface area contributed by atoms with Gasteiger partial charge in [-0.3, -0.25) is 4.79 Å². The van der Waals surface area contributed by atoms with E-state index in [9.17, 15) is 4.79 Å². The van der Waals surface area contributed by atoms with E-state index in [1.807, 2.05) is 18.2 Å². The standard InChI is InChI=1S/C13H19NO4S/c1-16-9-4-5-12(17-2)10(6-9)11(14)7-19-8-13(15)18-3/h4-6,11H,7-8,14H2,1-3H3. The van der Waals surface area contributed by atoms with E-state index in [0.717, 1.165) is 11.3 Å². The van der Waals surface area contributed by atoms with Gasteiger partial charge in [0.2, 0.25) is 0 Å². The van der Waals surface area contributed by atoms with Crippen LogP contribution in [0.5, 0.6) is 11.5 Å². The molecule has 1 aromatic carbocycles. The monoisotopic (exact) mass is 285 g/mol. The number of carbonyl (C=O) groups excluding carboxylic acids is 1. The molecule has 1 unspecified atom stereocenters. The third-order valence-electron chi connectivity index (χ3n) is 2.58. The zero-order valence-electron chi connectivity index (χ0n) is 11.3. The van der Waals surface area contributed by atoms with Gasteiger partial charge in [0.25, 0.3) is 0 Å². The lowest BCUT2D eigenvalue weighted by Gasteiger charge is -2.16. The van der Waals surface area contributed by atoms with Crippen molar-refractivity contribution in [3.63, 3.8) is 0 Å². The zero-order chi connectivity index (χ0) is 14.3. The second-order valence-electron chi connectivity index (χ2n) is 3.81. The fourth-order valence-electron chi connectivity index (χ4n) is 1.55. The van der Waals surface area contributed by atoms with Crippen molar-refractivity contribution in [3.05, 3.63) is 23.8 Å². The van der Waals surface area contributed by atoms with E-state index in [0.29, 0.717) is 11.5 Å². The number of nitrogens with two attached hydrogens (primary N) is 1. The fraction of sp³-hybridized carbons (Fsp3) is 0.462. The van der Waals surface area contributed by atoms with Crippen LogP contribution in [0.3, 0.4) is 0 Å². The van der Waals surface area contributed by atoms with Gasteiger partial charge in [0.05, 0.1) is 27.1 Å². The van der Waals surface area contributed by atoms with Gasteiger partial charge in [0.15, 0.2) is 0 Å². The highest BCUT2D eigenvalue weighted by molar-refractivity contribution is 7.99. The van der Waals surface area contributed by atoms with E-state index in [-0.39, 0.29) is 17.8 Å². The molecular weight excluding hydrogens is 266 g/mol. The molecule has 0 aromatic heterocycles. The van der Waals surface area contributed by atoms with Crippen LogP contribution in [0.15, 0.2) is 18.2 Å². The lowest BCUT2D eigenvalue weighted by atomic mass is 10.1. The lowest BCUT2D eigenvalue weighted by molar-refractivity contribution is -0.137. The predicted octanol–water partition coefficient (Wildman–Crippen LogP) is 1.61. The Balaban J connectivity index is 2.69. The first-order valence-electron chi connectivity index (χ1n) is 5.74. The van der Waals surface area contributed by atoms with Gasteiger partial charge in [-0.05, 0) is 18.2 Å². The highest BCUT2D eigenvalue weighted by Crippen LogP contribution is 2.29. The SMILES string of the molecule is COC(=O)CSCC(N)c1cc(OC)ccc1OC. The summed E-state index contributed by atoms with van der Waals surface area (Å²) in [4.78, 5) is 11.0. The van der Waals surface area contributed by atoms with Crippen molar-refractivity contribution in [1.82, 2.24) is 0 Å². The van der Waals surface area contributed by atoms with Crippen LogP contribution in [0.2, 0.25) is 0 Å². The van der Waals surface area contributed by atoms with Crippen molar-refractivity contribution in [2.45, 2.75) is 6.04 Å². The van der Waals surface area contributed by atoms with Crippen LogP contribution >= 0.6 is 11.8 Å². The summed E-state index contributed by atoms with van der Waals surface area (Å²) in [5.74, 6) is 2.07. The van der Waals surface area contributed by atoms with Crippen LogP contribution in [-0.2, 0) is 9.53 Å². The molecule has 1 rings (SSSR count). The number of rotatable bonds is 7. The first-order chi connectivity index (χ1) is 9.12. The molecule has 0 radical (unpaired) electrons. The van der Waals surface area contributed by atoms with E-state index in [1.54, 1.807) is 14.2 Å². The number of benzene rings is 1. The first kappa shape index (κ1) is 15.7. The maximum atomic E-state index is 11.0. The number of carbonyl (C=O) groups is 1. The summed E-state index contributed by atoms with van der Waals surface area (Å²) in [5.41, 5.74) is 6.97. The van der Waals surface area contributed by atoms with Crippen molar-refractivity contribution in [2.24, 2.45) is 5.73 Å². The number of ether oxygens (including phenoxy) is 3. The number of methoxy groups -OCH3 is 3. The maximum Gasteiger partial charge on any atom is 0.315 e. The molecule has 106 valence electrons. The van der Waals surface area contributed by atoms with Crippen LogP contribution in [0, 0.1) is 0 Å². The van der Waals surface area contributed by atoms with Gasteiger partial charge in [0.1, 0.15) is 11.5 Å². The first-order valence-corrected chi connectivity index (χ1v) is 6.90. The number of esters is 1. The molecule has 0 fully saturated rings. The van der Waals surface area contributed by atoms with Crippen molar-refractivity contribution in [3.8, 4) is 11.5 Å². The topological polar surface area (TPSA) is 70.8 Å². The second kappa shape index (κ2) is 7.91. The third kappa shape index (κ3) is 4.65. The van der Waals surface area contributed by atoms with Gasteiger partial charge in [-0.15, -0.1) is 11.8 Å². The van der Waals surface area contributed by atoms with Crippen LogP contribution in [0.25, 0.3) is 0 Å². The van der Waals surface area contributed by atoms with Gasteiger partial charge >= 0.3 is 5.97 Å². The largest absolute Gasteiger partial charge is 0.497 e. The van der Waals surface area contributed by atoms with E-state index >= 15 is 0 Å². The average molecular weight is 285 g/mol. The Morgan fingerprint density at radius 3 is 2.63 bits per heavy atom. The summed E-state index contributed by atoms with van der Waals surface area (Å²) >= 11 is 1.43. The maximum absolute atomic E-state index is 11.0. The number of thioether (sulfide) groups is 1. The van der Waals surface area contributed by atoms with E-state index in [1.165, 1.54) is 18.9 Å². The quantitative estimate of drug-likeness (QED) is 0.767. The smallest absolute Gasteiger partial charge is 0.315 e. The minimum absolute atomic E-state index is 0.236. The van der Waals surface area contributed by atoms with Crippen molar-refractivity contribution in [2.75, 3.05) is 32.8 Å². The van der Waals surface area contributed by atoms with Crippen LogP contribution in [0.4, 0.5) is 0 Å². The van der Waals surface area contributed by atoms with Gasteiger partial charge in [-0.1, -0.05) is 0 Å². The van der Waals surface area contributed by atoms with Crippen molar-refractivity contribution in [1.29, 1.82) is 0 Å². The lowest BCUT2D eigenvalue weighted by Crippen LogP contribution is -2.16. The minimum atomic E-state index is -0.255. The fourth-order valence-corrected chi connectivity index (χ4v) is 2.38. The van der Waals surface area contributed by atoms with Crippen LogP contribution in [0.1, 0.15) is 11.6 Å². The highest BCUT2D eigenvalue weighted by Gasteiger charge is 2.14. The Morgan fingerprint density at radius 1 is 1.32 bits per heavy atom. The number of hydrogen-bond acceptors (Lipinski definition) is 6. The molecule has 0 amide bonds. The van der Waals surface area contributed by atoms with Crippen molar-refractivity contribution >= 4 is 17.7 Å². The van der Waals surface area contributed by atoms with Crippen LogP contribution < -0.4 is 15.2 Å². The Kier molecular flexibility index (Phi) is 6.52. The molecule has 0 saturated carbocycles. The molecule has 6 heteroatoms. The normalized spacial score (nSPS) is 11.8. The molecule has 0 bridgehead atoms. The second-order valence-corrected chi connectivity index (χ2v) is 4.84. The van der Waals surface area contributed by atoms with Gasteiger partial charge in [-0.25, -0.2) is 0 Å². The van der Waals surface area contributed by atoms with Gasteiger partial charge in [0, 0.05) is 17.4 Å². The molecule has 0 aliphatic carbocycles. The summed E-state index contributed by atoms with van der Waals surface area (Å²) in [6.45, 7) is 0. The molecule has 2 N–H and O–H groups in total. The Bertz CT molecular complexity index is 425. The average Bonchev–Trinajstić information content (AvgIpc) is 2.45. The highest BCUT2D eigenvalue weighted by atomic mass is 32.2. The minimum Gasteiger partial charge on any atom is -0.497 e. The predicted molar refractivity (Wildman–Crippen MR) is 75.8 cm³/mol. The van der Waals surface area contributed by atoms with E-state index < -0.39 is 0 Å². The molecule has 1 aromatic rings. The summed E-state index contributed by atoms with van der Waals surface area (Å²) < 4.78 is 15.0. The molecule has 0 aliphatic heterocycles. The molecular formula is C13H19NO4S. The number of hydrogen-bond donors (Lipinski definition) is 1. The van der Waals surface area contributed by atoms with E-state index in [2.05, 4.69) is 4.74 Å². The van der Waals surface area contributed by atoms with E-state index in [4.69, 9.17) is 15.2 Å². The third-order valence-corrected chi connectivity index (χ3v) is 3.62. The Labute approximate surface area is 117 Å². The van der Waals surface area contributed by atoms with Crippen molar-refractivity contribution < 1.29 is 19.0 Å². The zero-order valence-corrected chi connectivity index (χ0v) is 12.2. The molecule has 0 heterocycles. The summed E-state index contributed by atoms with van der Waals surface area (Å²) in [6, 6.07) is 5.25. The Morgan fingerprint density at radius 2 is 2.05 bits per heavy atom. The van der Waals surface area contributed by atoms with Gasteiger partial charge in [-0.2, -0.15) is 0 Å². The molecule has 5 nitrogen and oxygen atoms in total. The van der Waals surface area contributed by atoms with Crippen LogP contribution in [-0.4, -0.2) is 38.8 Å². The summed E-state index contributed by atoms with van der Waals surface area (Å²) in [7, 11) is 4.57. The molecule has 19 heavy (non-hydrogen) atoms. The molecule has 0 spiro atoms. The Hall–Kier alpha value is -1.40. The summed E-state index contributed by atoms with van der Waals surface area (Å²) in [6.07, 6.45) is 0. The van der Waals surface area contributed by atoms with Gasteiger partial charge < -0.3 is 19.9 Å².